The topological polar surface area (TPSA) is 81.9 Å². The molecule has 0 spiro atoms. The molecular formula is C22H21N5O2S. The van der Waals surface area contributed by atoms with Crippen molar-refractivity contribution in [2.45, 2.75) is 24.3 Å². The van der Waals surface area contributed by atoms with Crippen LogP contribution in [0, 0.1) is 6.92 Å². The molecular weight excluding hydrogens is 398 g/mol. The molecule has 0 saturated carbocycles. The molecule has 1 unspecified atom stereocenters. The van der Waals surface area contributed by atoms with Gasteiger partial charge in [0.25, 0.3) is 0 Å². The van der Waals surface area contributed by atoms with Gasteiger partial charge in [0.1, 0.15) is 11.4 Å². The number of nitrogens with one attached hydrogen (secondary N) is 1. The second kappa shape index (κ2) is 8.54. The highest BCUT2D eigenvalue weighted by atomic mass is 32.2. The van der Waals surface area contributed by atoms with Crippen LogP contribution >= 0.6 is 11.8 Å². The molecule has 1 aromatic heterocycles. The number of fused-ring (bicyclic) bond motifs is 1. The van der Waals surface area contributed by atoms with E-state index in [1.165, 1.54) is 11.8 Å². The van der Waals surface area contributed by atoms with Gasteiger partial charge in [-0.2, -0.15) is 4.68 Å². The zero-order valence-corrected chi connectivity index (χ0v) is 17.7. The summed E-state index contributed by atoms with van der Waals surface area (Å²) in [6.07, 6.45) is 0. The van der Waals surface area contributed by atoms with Crippen LogP contribution in [0.3, 0.4) is 0 Å². The van der Waals surface area contributed by atoms with Crippen molar-refractivity contribution in [2.75, 3.05) is 12.4 Å². The van der Waals surface area contributed by atoms with Crippen LogP contribution in [0.5, 0.6) is 5.75 Å². The third-order valence-corrected chi connectivity index (χ3v) is 5.74. The minimum Gasteiger partial charge on any atom is -0.494 e. The van der Waals surface area contributed by atoms with E-state index in [-0.39, 0.29) is 5.91 Å². The van der Waals surface area contributed by atoms with Crippen LogP contribution in [0.15, 0.2) is 65.8 Å². The van der Waals surface area contributed by atoms with E-state index < -0.39 is 5.25 Å². The lowest BCUT2D eigenvalue weighted by atomic mass is 10.1. The van der Waals surface area contributed by atoms with Gasteiger partial charge in [0.05, 0.1) is 12.4 Å². The van der Waals surface area contributed by atoms with Crippen LogP contribution in [0.25, 0.3) is 16.5 Å². The lowest BCUT2D eigenvalue weighted by Crippen LogP contribution is -2.23. The van der Waals surface area contributed by atoms with Gasteiger partial charge in [-0.05, 0) is 53.4 Å². The summed E-state index contributed by atoms with van der Waals surface area (Å²) in [4.78, 5) is 12.9. The number of hydrogen-bond acceptors (Lipinski definition) is 6. The van der Waals surface area contributed by atoms with E-state index in [2.05, 4.69) is 20.8 Å². The lowest BCUT2D eigenvalue weighted by Gasteiger charge is -2.14. The molecule has 8 heteroatoms. The summed E-state index contributed by atoms with van der Waals surface area (Å²) in [7, 11) is 1.60. The largest absolute Gasteiger partial charge is 0.494 e. The molecule has 30 heavy (non-hydrogen) atoms. The maximum atomic E-state index is 12.9. The number of methoxy groups -OCH3 is 1. The Morgan fingerprint density at radius 2 is 1.93 bits per heavy atom. The lowest BCUT2D eigenvalue weighted by molar-refractivity contribution is -0.115. The average Bonchev–Trinajstić information content (AvgIpc) is 3.21. The predicted octanol–water partition coefficient (Wildman–Crippen LogP) is 4.25. The van der Waals surface area contributed by atoms with E-state index in [1.807, 2.05) is 74.5 Å². The Kier molecular flexibility index (Phi) is 5.67. The van der Waals surface area contributed by atoms with Crippen molar-refractivity contribution in [2.24, 2.45) is 0 Å². The minimum atomic E-state index is -0.412. The first-order chi connectivity index (χ1) is 14.6. The Hall–Kier alpha value is -3.39. The van der Waals surface area contributed by atoms with Gasteiger partial charge in [0.15, 0.2) is 0 Å². The van der Waals surface area contributed by atoms with Gasteiger partial charge in [-0.1, -0.05) is 54.2 Å². The van der Waals surface area contributed by atoms with Crippen LogP contribution in [0.4, 0.5) is 5.69 Å². The number of nitrogens with zero attached hydrogens (tertiary/aromatic N) is 4. The molecule has 7 nitrogen and oxygen atoms in total. The highest BCUT2D eigenvalue weighted by Crippen LogP contribution is 2.30. The van der Waals surface area contributed by atoms with Crippen molar-refractivity contribution in [1.29, 1.82) is 0 Å². The van der Waals surface area contributed by atoms with E-state index in [9.17, 15) is 4.79 Å². The van der Waals surface area contributed by atoms with Crippen LogP contribution < -0.4 is 10.1 Å². The third-order valence-electron chi connectivity index (χ3n) is 4.70. The van der Waals surface area contributed by atoms with E-state index in [1.54, 1.807) is 11.8 Å². The molecule has 0 aliphatic rings. The van der Waals surface area contributed by atoms with Gasteiger partial charge in [-0.25, -0.2) is 0 Å². The zero-order chi connectivity index (χ0) is 21.1. The number of carbonyl (C=O) groups is 1. The van der Waals surface area contributed by atoms with Crippen LogP contribution in [0.2, 0.25) is 0 Å². The highest BCUT2D eigenvalue weighted by Gasteiger charge is 2.21. The summed E-state index contributed by atoms with van der Waals surface area (Å²) >= 11 is 1.29. The smallest absolute Gasteiger partial charge is 0.237 e. The quantitative estimate of drug-likeness (QED) is 0.471. The fourth-order valence-corrected chi connectivity index (χ4v) is 3.95. The summed E-state index contributed by atoms with van der Waals surface area (Å²) in [6.45, 7) is 3.82. The number of amides is 1. The Morgan fingerprint density at radius 3 is 2.77 bits per heavy atom. The first-order valence-corrected chi connectivity index (χ1v) is 10.3. The number of hydrogen-bond donors (Lipinski definition) is 1. The number of tetrazole rings is 1. The average molecular weight is 420 g/mol. The molecule has 4 rings (SSSR count). The molecule has 0 aliphatic carbocycles. The van der Waals surface area contributed by atoms with Crippen molar-refractivity contribution in [1.82, 2.24) is 20.2 Å². The number of carbonyl (C=O) groups excluding carboxylic acids is 1. The van der Waals surface area contributed by atoms with Gasteiger partial charge in [-0.15, -0.1) is 5.10 Å². The maximum absolute atomic E-state index is 12.9. The summed E-state index contributed by atoms with van der Waals surface area (Å²) in [5, 5.41) is 17.2. The SMILES string of the molecule is COc1ccc(C)cc1-n1nnnc1SC(C)C(=O)Nc1cccc2ccccc12. The number of rotatable bonds is 6. The summed E-state index contributed by atoms with van der Waals surface area (Å²) < 4.78 is 7.04. The van der Waals surface area contributed by atoms with E-state index in [4.69, 9.17) is 4.74 Å². The molecule has 0 radical (unpaired) electrons. The molecule has 0 bridgehead atoms. The standard InChI is InChI=1S/C22H21N5O2S/c1-14-11-12-20(29-3)19(13-14)27-22(24-25-26-27)30-15(2)21(28)23-18-10-6-8-16-7-4-5-9-17(16)18/h4-13,15H,1-3H3,(H,23,28). The Bertz CT molecular complexity index is 1200. The first-order valence-electron chi connectivity index (χ1n) is 9.45. The maximum Gasteiger partial charge on any atom is 0.237 e. The Morgan fingerprint density at radius 1 is 1.13 bits per heavy atom. The number of ether oxygens (including phenoxy) is 1. The fourth-order valence-electron chi connectivity index (χ4n) is 3.15. The highest BCUT2D eigenvalue weighted by molar-refractivity contribution is 8.00. The molecule has 152 valence electrons. The first kappa shape index (κ1) is 19.9. The summed E-state index contributed by atoms with van der Waals surface area (Å²) in [5.41, 5.74) is 2.57. The summed E-state index contributed by atoms with van der Waals surface area (Å²) in [6, 6.07) is 19.6. The number of thioether (sulfide) groups is 1. The molecule has 1 heterocycles. The van der Waals surface area contributed by atoms with Gasteiger partial charge >= 0.3 is 0 Å². The van der Waals surface area contributed by atoms with Crippen molar-refractivity contribution < 1.29 is 9.53 Å². The number of anilines is 1. The third kappa shape index (κ3) is 3.99. The monoisotopic (exact) mass is 419 g/mol. The van der Waals surface area contributed by atoms with E-state index in [0.717, 1.165) is 27.7 Å². The van der Waals surface area contributed by atoms with Crippen molar-refractivity contribution in [3.05, 3.63) is 66.2 Å². The van der Waals surface area contributed by atoms with E-state index >= 15 is 0 Å². The number of aromatic nitrogens is 4. The predicted molar refractivity (Wildman–Crippen MR) is 118 cm³/mol. The second-order valence-corrected chi connectivity index (χ2v) is 8.13. The zero-order valence-electron chi connectivity index (χ0n) is 16.9. The van der Waals surface area contributed by atoms with Crippen molar-refractivity contribution in [3.63, 3.8) is 0 Å². The molecule has 0 aliphatic heterocycles. The summed E-state index contributed by atoms with van der Waals surface area (Å²) in [5.74, 6) is 0.532. The van der Waals surface area contributed by atoms with Gasteiger partial charge < -0.3 is 10.1 Å². The molecule has 0 saturated heterocycles. The number of benzene rings is 3. The molecule has 0 fully saturated rings. The number of aryl methyl sites for hydroxylation is 1. The fraction of sp³-hybridized carbons (Fsp3) is 0.182. The molecule has 1 atom stereocenters. The van der Waals surface area contributed by atoms with Gasteiger partial charge in [0, 0.05) is 11.1 Å². The Labute approximate surface area is 178 Å². The molecule has 3 aromatic carbocycles. The van der Waals surface area contributed by atoms with Crippen LogP contribution in [0.1, 0.15) is 12.5 Å². The van der Waals surface area contributed by atoms with Crippen molar-refractivity contribution >= 4 is 34.1 Å². The van der Waals surface area contributed by atoms with Crippen LogP contribution in [-0.4, -0.2) is 38.5 Å². The molecule has 1 amide bonds. The normalized spacial score (nSPS) is 12.0. The van der Waals surface area contributed by atoms with E-state index in [0.29, 0.717) is 10.9 Å². The molecule has 4 aromatic rings. The van der Waals surface area contributed by atoms with Crippen molar-refractivity contribution in [3.8, 4) is 11.4 Å². The molecule has 1 N–H and O–H groups in total. The van der Waals surface area contributed by atoms with Gasteiger partial charge in [0.2, 0.25) is 11.1 Å². The minimum absolute atomic E-state index is 0.123. The van der Waals surface area contributed by atoms with Gasteiger partial charge in [-0.3, -0.25) is 4.79 Å². The Balaban J connectivity index is 1.55. The van der Waals surface area contributed by atoms with Crippen LogP contribution in [-0.2, 0) is 4.79 Å². The second-order valence-electron chi connectivity index (χ2n) is 6.82.